The fourth-order valence-electron chi connectivity index (χ4n) is 4.53. The van der Waals surface area contributed by atoms with E-state index in [1.54, 1.807) is 6.33 Å². The molecule has 1 saturated heterocycles. The van der Waals surface area contributed by atoms with Crippen LogP contribution in [0.5, 0.6) is 5.75 Å². The van der Waals surface area contributed by atoms with E-state index in [0.717, 1.165) is 50.3 Å². The highest BCUT2D eigenvalue weighted by atomic mass is 16.5. The van der Waals surface area contributed by atoms with Gasteiger partial charge in [0.2, 0.25) is 0 Å². The standard InChI is InChI=1S/C22H26N4O2/c27-22(20-8-5-16-3-1-2-4-19(16)28-20)25-13-10-18(11-14-25)26(17-6-7-17)21-9-12-23-15-24-21/h1-4,9,12,15,17-18,20H,5-8,10-11,13-14H2. The quantitative estimate of drug-likeness (QED) is 0.819. The van der Waals surface area contributed by atoms with E-state index < -0.39 is 0 Å². The van der Waals surface area contributed by atoms with Crippen LogP contribution in [0.1, 0.15) is 37.7 Å². The Hall–Kier alpha value is -2.63. The molecule has 146 valence electrons. The predicted octanol–water partition coefficient (Wildman–Crippen LogP) is 2.83. The van der Waals surface area contributed by atoms with Crippen LogP contribution in [0.3, 0.4) is 0 Å². The lowest BCUT2D eigenvalue weighted by atomic mass is 9.99. The molecule has 6 nitrogen and oxygen atoms in total. The minimum atomic E-state index is -0.340. The molecule has 2 fully saturated rings. The third-order valence-electron chi connectivity index (χ3n) is 6.13. The lowest BCUT2D eigenvalue weighted by molar-refractivity contribution is -0.140. The molecule has 6 heteroatoms. The number of hydrogen-bond donors (Lipinski definition) is 0. The van der Waals surface area contributed by atoms with Crippen molar-refractivity contribution < 1.29 is 9.53 Å². The highest BCUT2D eigenvalue weighted by molar-refractivity contribution is 5.81. The van der Waals surface area contributed by atoms with Crippen LogP contribution in [-0.2, 0) is 11.2 Å². The number of rotatable bonds is 4. The number of benzene rings is 1. The summed E-state index contributed by atoms with van der Waals surface area (Å²) in [5.74, 6) is 2.04. The van der Waals surface area contributed by atoms with Crippen LogP contribution in [0.15, 0.2) is 42.9 Å². The largest absolute Gasteiger partial charge is 0.480 e. The summed E-state index contributed by atoms with van der Waals surface area (Å²) >= 11 is 0. The topological polar surface area (TPSA) is 58.6 Å². The SMILES string of the molecule is O=C(C1CCc2ccccc2O1)N1CCC(N(c2ccncn2)C2CC2)CC1. The van der Waals surface area contributed by atoms with Gasteiger partial charge in [0, 0.05) is 31.4 Å². The van der Waals surface area contributed by atoms with Gasteiger partial charge in [-0.1, -0.05) is 18.2 Å². The minimum Gasteiger partial charge on any atom is -0.480 e. The van der Waals surface area contributed by atoms with E-state index in [1.807, 2.05) is 35.4 Å². The average Bonchev–Trinajstić information content (AvgIpc) is 3.59. The molecule has 28 heavy (non-hydrogen) atoms. The van der Waals surface area contributed by atoms with Crippen molar-refractivity contribution in [3.63, 3.8) is 0 Å². The van der Waals surface area contributed by atoms with Gasteiger partial charge in [0.1, 0.15) is 17.9 Å². The van der Waals surface area contributed by atoms with Crippen molar-refractivity contribution in [2.45, 2.75) is 56.7 Å². The number of aromatic nitrogens is 2. The van der Waals surface area contributed by atoms with Gasteiger partial charge in [0.05, 0.1) is 0 Å². The molecule has 1 aromatic carbocycles. The fourth-order valence-corrected chi connectivity index (χ4v) is 4.53. The van der Waals surface area contributed by atoms with E-state index in [0.29, 0.717) is 12.1 Å². The number of nitrogens with zero attached hydrogens (tertiary/aromatic N) is 4. The van der Waals surface area contributed by atoms with Gasteiger partial charge in [-0.2, -0.15) is 0 Å². The number of ether oxygens (including phenoxy) is 1. The van der Waals surface area contributed by atoms with Crippen molar-refractivity contribution in [1.29, 1.82) is 0 Å². The van der Waals surface area contributed by atoms with E-state index in [1.165, 1.54) is 18.4 Å². The molecular weight excluding hydrogens is 352 g/mol. The highest BCUT2D eigenvalue weighted by Gasteiger charge is 2.38. The summed E-state index contributed by atoms with van der Waals surface area (Å²) in [6, 6.07) is 11.1. The van der Waals surface area contributed by atoms with Gasteiger partial charge in [-0.15, -0.1) is 0 Å². The van der Waals surface area contributed by atoms with Gasteiger partial charge in [0.15, 0.2) is 6.10 Å². The van der Waals surface area contributed by atoms with E-state index in [2.05, 4.69) is 20.9 Å². The summed E-state index contributed by atoms with van der Waals surface area (Å²) in [6.45, 7) is 1.58. The normalized spacial score (nSPS) is 22.3. The van der Waals surface area contributed by atoms with Gasteiger partial charge < -0.3 is 14.5 Å². The third-order valence-corrected chi connectivity index (χ3v) is 6.13. The van der Waals surface area contributed by atoms with Crippen molar-refractivity contribution >= 4 is 11.7 Å². The molecule has 0 N–H and O–H groups in total. The zero-order valence-corrected chi connectivity index (χ0v) is 16.0. The Morgan fingerprint density at radius 1 is 1.04 bits per heavy atom. The van der Waals surface area contributed by atoms with Gasteiger partial charge in [-0.3, -0.25) is 4.79 Å². The molecule has 1 atom stereocenters. The third kappa shape index (κ3) is 3.43. The predicted molar refractivity (Wildman–Crippen MR) is 106 cm³/mol. The molecule has 1 aromatic heterocycles. The Labute approximate surface area is 165 Å². The minimum absolute atomic E-state index is 0.146. The number of carbonyl (C=O) groups is 1. The molecule has 1 unspecified atom stereocenters. The number of fused-ring (bicyclic) bond motifs is 1. The molecule has 2 aliphatic heterocycles. The first kappa shape index (κ1) is 17.5. The zero-order valence-electron chi connectivity index (χ0n) is 16.0. The molecule has 0 spiro atoms. The van der Waals surface area contributed by atoms with Crippen molar-refractivity contribution in [3.8, 4) is 5.75 Å². The Morgan fingerprint density at radius 3 is 2.57 bits per heavy atom. The number of para-hydroxylation sites is 1. The van der Waals surface area contributed by atoms with Crippen LogP contribution in [0.25, 0.3) is 0 Å². The second-order valence-corrected chi connectivity index (χ2v) is 8.02. The van der Waals surface area contributed by atoms with Gasteiger partial charge in [-0.05, 0) is 56.2 Å². The molecule has 1 aliphatic carbocycles. The van der Waals surface area contributed by atoms with Crippen LogP contribution in [0.2, 0.25) is 0 Å². The van der Waals surface area contributed by atoms with Crippen molar-refractivity contribution in [2.75, 3.05) is 18.0 Å². The summed E-state index contributed by atoms with van der Waals surface area (Å²) in [5.41, 5.74) is 1.20. The summed E-state index contributed by atoms with van der Waals surface area (Å²) in [7, 11) is 0. The average molecular weight is 378 g/mol. The molecule has 3 aliphatic rings. The maximum atomic E-state index is 13.0. The maximum Gasteiger partial charge on any atom is 0.263 e. The number of likely N-dealkylation sites (tertiary alicyclic amines) is 1. The lowest BCUT2D eigenvalue weighted by Gasteiger charge is -2.40. The van der Waals surface area contributed by atoms with Gasteiger partial charge >= 0.3 is 0 Å². The van der Waals surface area contributed by atoms with Crippen LogP contribution in [0, 0.1) is 0 Å². The number of amides is 1. The molecule has 2 aromatic rings. The molecule has 5 rings (SSSR count). The van der Waals surface area contributed by atoms with Crippen LogP contribution < -0.4 is 9.64 Å². The van der Waals surface area contributed by atoms with Crippen LogP contribution in [-0.4, -0.2) is 52.1 Å². The fraction of sp³-hybridized carbons (Fsp3) is 0.500. The molecule has 0 radical (unpaired) electrons. The Bertz CT molecular complexity index is 831. The van der Waals surface area contributed by atoms with Crippen LogP contribution >= 0.6 is 0 Å². The van der Waals surface area contributed by atoms with E-state index >= 15 is 0 Å². The Balaban J connectivity index is 1.22. The summed E-state index contributed by atoms with van der Waals surface area (Å²) in [4.78, 5) is 26.0. The first-order valence-corrected chi connectivity index (χ1v) is 10.4. The van der Waals surface area contributed by atoms with Crippen molar-refractivity contribution in [2.24, 2.45) is 0 Å². The highest BCUT2D eigenvalue weighted by Crippen LogP contribution is 2.35. The number of anilines is 1. The second kappa shape index (κ2) is 7.41. The molecule has 3 heterocycles. The summed E-state index contributed by atoms with van der Waals surface area (Å²) < 4.78 is 6.02. The summed E-state index contributed by atoms with van der Waals surface area (Å²) in [6.07, 6.45) is 9.21. The van der Waals surface area contributed by atoms with E-state index in [9.17, 15) is 4.79 Å². The zero-order chi connectivity index (χ0) is 18.9. The second-order valence-electron chi connectivity index (χ2n) is 8.02. The van der Waals surface area contributed by atoms with E-state index in [-0.39, 0.29) is 12.0 Å². The number of carbonyl (C=O) groups excluding carboxylic acids is 1. The van der Waals surface area contributed by atoms with Crippen molar-refractivity contribution in [3.05, 3.63) is 48.4 Å². The smallest absolute Gasteiger partial charge is 0.263 e. The first-order valence-electron chi connectivity index (χ1n) is 10.4. The van der Waals surface area contributed by atoms with E-state index in [4.69, 9.17) is 4.74 Å². The Kier molecular flexibility index (Phi) is 4.63. The van der Waals surface area contributed by atoms with Gasteiger partial charge in [0.25, 0.3) is 5.91 Å². The lowest BCUT2D eigenvalue weighted by Crippen LogP contribution is -2.51. The number of aryl methyl sites for hydroxylation is 1. The summed E-state index contributed by atoms with van der Waals surface area (Å²) in [5, 5.41) is 0. The van der Waals surface area contributed by atoms with Crippen molar-refractivity contribution in [1.82, 2.24) is 14.9 Å². The molecule has 1 saturated carbocycles. The van der Waals surface area contributed by atoms with Crippen LogP contribution in [0.4, 0.5) is 5.82 Å². The maximum absolute atomic E-state index is 13.0. The number of hydrogen-bond acceptors (Lipinski definition) is 5. The molecular formula is C22H26N4O2. The monoisotopic (exact) mass is 378 g/mol. The van der Waals surface area contributed by atoms with Gasteiger partial charge in [-0.25, -0.2) is 9.97 Å². The Morgan fingerprint density at radius 2 is 1.82 bits per heavy atom. The first-order chi connectivity index (χ1) is 13.8. The molecule has 0 bridgehead atoms. The number of piperidine rings is 1. The molecule has 1 amide bonds.